The highest BCUT2D eigenvalue weighted by atomic mass is 79.9. The number of amides is 1. The first-order valence-corrected chi connectivity index (χ1v) is 7.77. The molecule has 1 aromatic carbocycles. The quantitative estimate of drug-likeness (QED) is 0.907. The monoisotopic (exact) mass is 313 g/mol. The predicted molar refractivity (Wildman–Crippen MR) is 76.7 cm³/mol. The van der Waals surface area contributed by atoms with E-state index in [4.69, 9.17) is 0 Å². The van der Waals surface area contributed by atoms with Gasteiger partial charge in [-0.05, 0) is 43.2 Å². The molecule has 1 amide bonds. The summed E-state index contributed by atoms with van der Waals surface area (Å²) >= 11 is 5.38. The van der Waals surface area contributed by atoms with Gasteiger partial charge < -0.3 is 5.32 Å². The van der Waals surface area contributed by atoms with E-state index in [-0.39, 0.29) is 5.91 Å². The Kier molecular flexibility index (Phi) is 4.51. The van der Waals surface area contributed by atoms with Crippen LogP contribution in [0.2, 0.25) is 0 Å². The van der Waals surface area contributed by atoms with Gasteiger partial charge >= 0.3 is 0 Å². The van der Waals surface area contributed by atoms with Gasteiger partial charge in [0.1, 0.15) is 0 Å². The average molecular weight is 314 g/mol. The lowest BCUT2D eigenvalue weighted by molar-refractivity contribution is 0.0938. The van der Waals surface area contributed by atoms with Crippen molar-refractivity contribution >= 4 is 33.6 Å². The molecule has 0 spiro atoms. The van der Waals surface area contributed by atoms with E-state index in [1.54, 1.807) is 0 Å². The zero-order valence-electron chi connectivity index (χ0n) is 9.83. The highest BCUT2D eigenvalue weighted by molar-refractivity contribution is 9.10. The van der Waals surface area contributed by atoms with Gasteiger partial charge in [0.25, 0.3) is 5.91 Å². The SMILES string of the molecule is Cc1c(Br)cccc1C(=O)NC1CCCSC1. The van der Waals surface area contributed by atoms with Gasteiger partial charge in [0.15, 0.2) is 0 Å². The molecule has 1 unspecified atom stereocenters. The van der Waals surface area contributed by atoms with Crippen LogP contribution in [0.5, 0.6) is 0 Å². The molecule has 0 aliphatic carbocycles. The fourth-order valence-electron chi connectivity index (χ4n) is 1.97. The predicted octanol–water partition coefficient (Wildman–Crippen LogP) is 3.38. The maximum absolute atomic E-state index is 12.1. The molecule has 2 nitrogen and oxygen atoms in total. The van der Waals surface area contributed by atoms with Crippen molar-refractivity contribution in [3.05, 3.63) is 33.8 Å². The lowest BCUT2D eigenvalue weighted by atomic mass is 10.1. The van der Waals surface area contributed by atoms with Crippen molar-refractivity contribution in [2.24, 2.45) is 0 Å². The molecule has 0 aromatic heterocycles. The van der Waals surface area contributed by atoms with Gasteiger partial charge in [-0.15, -0.1) is 0 Å². The number of halogens is 1. The van der Waals surface area contributed by atoms with Gasteiger partial charge in [-0.25, -0.2) is 0 Å². The molecule has 1 saturated heterocycles. The molecule has 2 rings (SSSR count). The summed E-state index contributed by atoms with van der Waals surface area (Å²) in [5, 5.41) is 3.12. The van der Waals surface area contributed by atoms with Crippen molar-refractivity contribution in [2.45, 2.75) is 25.8 Å². The third-order valence-corrected chi connectivity index (χ3v) is 5.08. The van der Waals surface area contributed by atoms with Crippen LogP contribution in [0, 0.1) is 6.92 Å². The topological polar surface area (TPSA) is 29.1 Å². The van der Waals surface area contributed by atoms with E-state index >= 15 is 0 Å². The number of hydrogen-bond donors (Lipinski definition) is 1. The van der Waals surface area contributed by atoms with Gasteiger partial charge in [-0.2, -0.15) is 11.8 Å². The number of nitrogens with one attached hydrogen (secondary N) is 1. The van der Waals surface area contributed by atoms with Crippen LogP contribution in [-0.4, -0.2) is 23.5 Å². The minimum Gasteiger partial charge on any atom is -0.348 e. The summed E-state index contributed by atoms with van der Waals surface area (Å²) in [6, 6.07) is 6.08. The number of thioether (sulfide) groups is 1. The van der Waals surface area contributed by atoms with Gasteiger partial charge in [0.05, 0.1) is 0 Å². The average Bonchev–Trinajstić information content (AvgIpc) is 2.34. The highest BCUT2D eigenvalue weighted by Gasteiger charge is 2.18. The molecule has 1 aliphatic heterocycles. The molecule has 0 bridgehead atoms. The van der Waals surface area contributed by atoms with E-state index < -0.39 is 0 Å². The van der Waals surface area contributed by atoms with Crippen LogP contribution in [-0.2, 0) is 0 Å². The Labute approximate surface area is 115 Å². The minimum atomic E-state index is 0.0521. The second kappa shape index (κ2) is 5.91. The van der Waals surface area contributed by atoms with Crippen LogP contribution in [0.4, 0.5) is 0 Å². The summed E-state index contributed by atoms with van der Waals surface area (Å²) in [6.45, 7) is 1.97. The Morgan fingerprint density at radius 3 is 3.06 bits per heavy atom. The number of carbonyl (C=O) groups excluding carboxylic acids is 1. The van der Waals surface area contributed by atoms with Crippen LogP contribution in [0.1, 0.15) is 28.8 Å². The zero-order valence-corrected chi connectivity index (χ0v) is 12.2. The molecular formula is C13H16BrNOS. The van der Waals surface area contributed by atoms with Crippen LogP contribution in [0.25, 0.3) is 0 Å². The van der Waals surface area contributed by atoms with Crippen LogP contribution >= 0.6 is 27.7 Å². The Morgan fingerprint density at radius 2 is 2.35 bits per heavy atom. The van der Waals surface area contributed by atoms with E-state index in [1.807, 2.05) is 36.9 Å². The molecule has 4 heteroatoms. The summed E-state index contributed by atoms with van der Waals surface area (Å²) < 4.78 is 0.989. The van der Waals surface area contributed by atoms with Gasteiger partial charge in [-0.3, -0.25) is 4.79 Å². The lowest BCUT2D eigenvalue weighted by Crippen LogP contribution is -2.38. The molecule has 92 valence electrons. The maximum atomic E-state index is 12.1. The summed E-state index contributed by atoms with van der Waals surface area (Å²) in [6.07, 6.45) is 2.30. The molecule has 1 aliphatic rings. The van der Waals surface area contributed by atoms with Crippen molar-refractivity contribution < 1.29 is 4.79 Å². The van der Waals surface area contributed by atoms with Gasteiger partial charge in [0.2, 0.25) is 0 Å². The summed E-state index contributed by atoms with van der Waals surface area (Å²) in [5.74, 6) is 2.32. The molecule has 1 atom stereocenters. The number of carbonyl (C=O) groups is 1. The fraction of sp³-hybridized carbons (Fsp3) is 0.462. The third-order valence-electron chi connectivity index (χ3n) is 3.01. The molecule has 1 fully saturated rings. The molecule has 1 N–H and O–H groups in total. The van der Waals surface area contributed by atoms with Crippen molar-refractivity contribution in [3.63, 3.8) is 0 Å². The van der Waals surface area contributed by atoms with Crippen molar-refractivity contribution in [3.8, 4) is 0 Å². The van der Waals surface area contributed by atoms with Crippen LogP contribution in [0.15, 0.2) is 22.7 Å². The normalized spacial score (nSPS) is 20.0. The van der Waals surface area contributed by atoms with Crippen molar-refractivity contribution in [2.75, 3.05) is 11.5 Å². The van der Waals surface area contributed by atoms with E-state index in [0.29, 0.717) is 6.04 Å². The molecule has 17 heavy (non-hydrogen) atoms. The Hall–Kier alpha value is -0.480. The second-order valence-electron chi connectivity index (χ2n) is 4.30. The van der Waals surface area contributed by atoms with Crippen LogP contribution in [0.3, 0.4) is 0 Å². The largest absolute Gasteiger partial charge is 0.348 e. The molecule has 1 aromatic rings. The summed E-state index contributed by atoms with van der Waals surface area (Å²) in [4.78, 5) is 12.1. The van der Waals surface area contributed by atoms with Crippen molar-refractivity contribution in [1.29, 1.82) is 0 Å². The number of rotatable bonds is 2. The fourth-order valence-corrected chi connectivity index (χ4v) is 3.41. The highest BCUT2D eigenvalue weighted by Crippen LogP contribution is 2.21. The Balaban J connectivity index is 2.06. The smallest absolute Gasteiger partial charge is 0.251 e. The Bertz CT molecular complexity index is 416. The van der Waals surface area contributed by atoms with Gasteiger partial charge in [0, 0.05) is 21.8 Å². The molecule has 1 heterocycles. The van der Waals surface area contributed by atoms with E-state index in [9.17, 15) is 4.79 Å². The van der Waals surface area contributed by atoms with E-state index in [0.717, 1.165) is 27.8 Å². The molecule has 0 radical (unpaired) electrons. The second-order valence-corrected chi connectivity index (χ2v) is 6.30. The maximum Gasteiger partial charge on any atom is 0.251 e. The zero-order chi connectivity index (χ0) is 12.3. The first-order chi connectivity index (χ1) is 8.18. The molecular weight excluding hydrogens is 298 g/mol. The first-order valence-electron chi connectivity index (χ1n) is 5.82. The Morgan fingerprint density at radius 1 is 1.53 bits per heavy atom. The molecule has 0 saturated carbocycles. The first kappa shape index (κ1) is 13.0. The van der Waals surface area contributed by atoms with E-state index in [1.165, 1.54) is 12.2 Å². The minimum absolute atomic E-state index is 0.0521. The summed E-state index contributed by atoms with van der Waals surface area (Å²) in [7, 11) is 0. The van der Waals surface area contributed by atoms with E-state index in [2.05, 4.69) is 21.2 Å². The number of hydrogen-bond acceptors (Lipinski definition) is 2. The van der Waals surface area contributed by atoms with Crippen molar-refractivity contribution in [1.82, 2.24) is 5.32 Å². The number of benzene rings is 1. The third kappa shape index (κ3) is 3.26. The standard InChI is InChI=1S/C13H16BrNOS/c1-9-11(5-2-6-12(9)14)13(16)15-10-4-3-7-17-8-10/h2,5-6,10H,3-4,7-8H2,1H3,(H,15,16). The summed E-state index contributed by atoms with van der Waals surface area (Å²) in [5.41, 5.74) is 1.78. The van der Waals surface area contributed by atoms with Gasteiger partial charge in [-0.1, -0.05) is 22.0 Å². The lowest BCUT2D eigenvalue weighted by Gasteiger charge is -2.22. The van der Waals surface area contributed by atoms with Crippen LogP contribution < -0.4 is 5.32 Å².